The van der Waals surface area contributed by atoms with Gasteiger partial charge in [0.15, 0.2) is 0 Å². The van der Waals surface area contributed by atoms with Gasteiger partial charge in [0.2, 0.25) is 5.91 Å². The van der Waals surface area contributed by atoms with Gasteiger partial charge >= 0.3 is 5.97 Å². The lowest BCUT2D eigenvalue weighted by Gasteiger charge is -2.11. The van der Waals surface area contributed by atoms with Crippen LogP contribution < -0.4 is 15.4 Å². The molecule has 6 heteroatoms. The molecule has 0 bridgehead atoms. The molecule has 110 valence electrons. The maximum atomic E-state index is 11.7. The van der Waals surface area contributed by atoms with E-state index in [-0.39, 0.29) is 23.6 Å². The highest BCUT2D eigenvalue weighted by Gasteiger charge is 2.13. The molecular weight excluding hydrogens is 260 g/mol. The largest absolute Gasteiger partial charge is 0.497 e. The predicted molar refractivity (Wildman–Crippen MR) is 76.3 cm³/mol. The summed E-state index contributed by atoms with van der Waals surface area (Å²) in [5.74, 6) is -0.910. The van der Waals surface area contributed by atoms with Gasteiger partial charge < -0.3 is 20.5 Å². The molecule has 20 heavy (non-hydrogen) atoms. The molecule has 1 amide bonds. The molecule has 0 radical (unpaired) electrons. The van der Waals surface area contributed by atoms with E-state index in [4.69, 9.17) is 9.84 Å². The summed E-state index contributed by atoms with van der Waals surface area (Å²) in [6, 6.07) is 4.81. The zero-order valence-corrected chi connectivity index (χ0v) is 11.9. The van der Waals surface area contributed by atoms with E-state index in [1.54, 1.807) is 6.07 Å². The van der Waals surface area contributed by atoms with Crippen molar-refractivity contribution in [3.05, 3.63) is 23.8 Å². The van der Waals surface area contributed by atoms with Gasteiger partial charge in [0.25, 0.3) is 0 Å². The number of amides is 1. The Labute approximate surface area is 118 Å². The SMILES string of the molecule is COc1ccc(NC(=O)CCNC(C)C)c(C(=O)O)c1. The molecule has 0 aliphatic carbocycles. The van der Waals surface area contributed by atoms with Crippen LogP contribution in [0.25, 0.3) is 0 Å². The number of carboxylic acids is 1. The minimum atomic E-state index is -1.11. The van der Waals surface area contributed by atoms with Crippen molar-refractivity contribution in [2.75, 3.05) is 19.0 Å². The van der Waals surface area contributed by atoms with Gasteiger partial charge in [-0.2, -0.15) is 0 Å². The zero-order valence-electron chi connectivity index (χ0n) is 11.9. The maximum Gasteiger partial charge on any atom is 0.337 e. The topological polar surface area (TPSA) is 87.7 Å². The Morgan fingerprint density at radius 2 is 2.05 bits per heavy atom. The normalized spacial score (nSPS) is 10.4. The average Bonchev–Trinajstić information content (AvgIpc) is 2.38. The number of carbonyl (C=O) groups is 2. The number of carboxylic acid groups (broad SMARTS) is 1. The third kappa shape index (κ3) is 4.89. The molecule has 0 aliphatic heterocycles. The van der Waals surface area contributed by atoms with Crippen LogP contribution in [0, 0.1) is 0 Å². The highest BCUT2D eigenvalue weighted by atomic mass is 16.5. The average molecular weight is 280 g/mol. The first kappa shape index (κ1) is 16.0. The van der Waals surface area contributed by atoms with Gasteiger partial charge in [0, 0.05) is 19.0 Å². The van der Waals surface area contributed by atoms with Crippen molar-refractivity contribution in [2.45, 2.75) is 26.3 Å². The van der Waals surface area contributed by atoms with E-state index in [1.807, 2.05) is 13.8 Å². The number of nitrogens with one attached hydrogen (secondary N) is 2. The number of methoxy groups -OCH3 is 1. The molecule has 0 aromatic heterocycles. The number of ether oxygens (including phenoxy) is 1. The van der Waals surface area contributed by atoms with Crippen LogP contribution in [0.5, 0.6) is 5.75 Å². The smallest absolute Gasteiger partial charge is 0.337 e. The fraction of sp³-hybridized carbons (Fsp3) is 0.429. The van der Waals surface area contributed by atoms with Crippen LogP contribution in [0.1, 0.15) is 30.6 Å². The van der Waals surface area contributed by atoms with Gasteiger partial charge in [-0.3, -0.25) is 4.79 Å². The lowest BCUT2D eigenvalue weighted by atomic mass is 10.1. The summed E-state index contributed by atoms with van der Waals surface area (Å²) in [6.07, 6.45) is 0.281. The second-order valence-electron chi connectivity index (χ2n) is 4.62. The van der Waals surface area contributed by atoms with Crippen LogP contribution in [-0.4, -0.2) is 36.7 Å². The van der Waals surface area contributed by atoms with E-state index < -0.39 is 5.97 Å². The molecule has 3 N–H and O–H groups in total. The van der Waals surface area contributed by atoms with Gasteiger partial charge in [-0.05, 0) is 18.2 Å². The van der Waals surface area contributed by atoms with Crippen molar-refractivity contribution in [1.29, 1.82) is 0 Å². The van der Waals surface area contributed by atoms with Crippen molar-refractivity contribution in [1.82, 2.24) is 5.32 Å². The summed E-state index contributed by atoms with van der Waals surface area (Å²) in [5, 5.41) is 14.9. The number of hydrogen-bond donors (Lipinski definition) is 3. The van der Waals surface area contributed by atoms with E-state index in [1.165, 1.54) is 19.2 Å². The molecule has 0 unspecified atom stereocenters. The molecule has 0 saturated carbocycles. The molecule has 6 nitrogen and oxygen atoms in total. The Morgan fingerprint density at radius 1 is 1.35 bits per heavy atom. The van der Waals surface area contributed by atoms with E-state index >= 15 is 0 Å². The first-order valence-electron chi connectivity index (χ1n) is 6.38. The minimum absolute atomic E-state index is 0.00881. The molecule has 0 atom stereocenters. The molecule has 0 heterocycles. The first-order valence-corrected chi connectivity index (χ1v) is 6.38. The van der Waals surface area contributed by atoms with Gasteiger partial charge in [-0.15, -0.1) is 0 Å². The fourth-order valence-corrected chi connectivity index (χ4v) is 1.62. The van der Waals surface area contributed by atoms with Crippen molar-refractivity contribution in [3.8, 4) is 5.75 Å². The molecule has 0 fully saturated rings. The van der Waals surface area contributed by atoms with Crippen LogP contribution >= 0.6 is 0 Å². The molecule has 1 rings (SSSR count). The first-order chi connectivity index (χ1) is 9.43. The van der Waals surface area contributed by atoms with E-state index in [0.29, 0.717) is 18.3 Å². The number of carbonyl (C=O) groups excluding carboxylic acids is 1. The van der Waals surface area contributed by atoms with Gasteiger partial charge in [0.1, 0.15) is 5.75 Å². The minimum Gasteiger partial charge on any atom is -0.497 e. The van der Waals surface area contributed by atoms with Crippen molar-refractivity contribution < 1.29 is 19.4 Å². The zero-order chi connectivity index (χ0) is 15.1. The van der Waals surface area contributed by atoms with Crippen LogP contribution in [0.15, 0.2) is 18.2 Å². The summed E-state index contributed by atoms with van der Waals surface area (Å²) in [7, 11) is 1.46. The Bertz CT molecular complexity index is 486. The highest BCUT2D eigenvalue weighted by molar-refractivity contribution is 6.00. The second-order valence-corrected chi connectivity index (χ2v) is 4.62. The maximum absolute atomic E-state index is 11.7. The Balaban J connectivity index is 2.71. The molecular formula is C14H20N2O4. The quantitative estimate of drug-likeness (QED) is 0.708. The lowest BCUT2D eigenvalue weighted by Crippen LogP contribution is -2.27. The van der Waals surface area contributed by atoms with Gasteiger partial charge in [-0.1, -0.05) is 13.8 Å². The summed E-state index contributed by atoms with van der Waals surface area (Å²) in [4.78, 5) is 22.9. The van der Waals surface area contributed by atoms with Crippen LogP contribution in [0.3, 0.4) is 0 Å². The molecule has 0 spiro atoms. The summed E-state index contributed by atoms with van der Waals surface area (Å²) in [6.45, 7) is 4.52. The van der Waals surface area contributed by atoms with Gasteiger partial charge in [-0.25, -0.2) is 4.79 Å². The standard InChI is InChI=1S/C14H20N2O4/c1-9(2)15-7-6-13(17)16-12-5-4-10(20-3)8-11(12)14(18)19/h4-5,8-9,15H,6-7H2,1-3H3,(H,16,17)(H,18,19). The van der Waals surface area contributed by atoms with Gasteiger partial charge in [0.05, 0.1) is 18.4 Å². The van der Waals surface area contributed by atoms with Crippen LogP contribution in [-0.2, 0) is 4.79 Å². The third-order valence-electron chi connectivity index (χ3n) is 2.64. The number of benzene rings is 1. The van der Waals surface area contributed by atoms with Crippen LogP contribution in [0.2, 0.25) is 0 Å². The van der Waals surface area contributed by atoms with Crippen molar-refractivity contribution in [3.63, 3.8) is 0 Å². The molecule has 0 aliphatic rings. The van der Waals surface area contributed by atoms with E-state index in [9.17, 15) is 9.59 Å². The molecule has 1 aromatic rings. The summed E-state index contributed by atoms with van der Waals surface area (Å²) in [5.41, 5.74) is 0.280. The Morgan fingerprint density at radius 3 is 2.60 bits per heavy atom. The lowest BCUT2D eigenvalue weighted by molar-refractivity contribution is -0.116. The van der Waals surface area contributed by atoms with Crippen molar-refractivity contribution in [2.24, 2.45) is 0 Å². The summed E-state index contributed by atoms with van der Waals surface area (Å²) < 4.78 is 4.97. The van der Waals surface area contributed by atoms with Crippen molar-refractivity contribution >= 4 is 17.6 Å². The highest BCUT2D eigenvalue weighted by Crippen LogP contribution is 2.22. The second kappa shape index (κ2) is 7.49. The van der Waals surface area contributed by atoms with E-state index in [2.05, 4.69) is 10.6 Å². The van der Waals surface area contributed by atoms with E-state index in [0.717, 1.165) is 0 Å². The fourth-order valence-electron chi connectivity index (χ4n) is 1.62. The molecule has 1 aromatic carbocycles. The third-order valence-corrected chi connectivity index (χ3v) is 2.64. The van der Waals surface area contributed by atoms with Crippen LogP contribution in [0.4, 0.5) is 5.69 Å². The monoisotopic (exact) mass is 280 g/mol. The number of anilines is 1. The number of hydrogen-bond acceptors (Lipinski definition) is 4. The summed E-state index contributed by atoms with van der Waals surface area (Å²) >= 11 is 0. The number of rotatable bonds is 7. The Hall–Kier alpha value is -2.08. The molecule has 0 saturated heterocycles. The number of aromatic carboxylic acids is 1. The predicted octanol–water partition coefficient (Wildman–Crippen LogP) is 1.72. The Kier molecular flexibility index (Phi) is 5.99.